The first kappa shape index (κ1) is 21.6. The van der Waals surface area contributed by atoms with Crippen molar-refractivity contribution in [3.8, 4) is 0 Å². The summed E-state index contributed by atoms with van der Waals surface area (Å²) in [7, 11) is -3.29. The first-order valence-electron chi connectivity index (χ1n) is 8.48. The third-order valence-electron chi connectivity index (χ3n) is 4.63. The van der Waals surface area contributed by atoms with Crippen LogP contribution in [0.5, 0.6) is 0 Å². The van der Waals surface area contributed by atoms with Gasteiger partial charge in [0.25, 0.3) is 5.91 Å². The topological polar surface area (TPSA) is 95.9 Å². The molecule has 1 atom stereocenters. The maximum absolute atomic E-state index is 12.8. The second-order valence-electron chi connectivity index (χ2n) is 6.12. The number of alkyl halides is 3. The largest absolute Gasteiger partial charge is 0.419 e. The number of aromatic nitrogens is 2. The third kappa shape index (κ3) is 4.97. The second-order valence-corrected chi connectivity index (χ2v) is 6.85. The van der Waals surface area contributed by atoms with Crippen molar-refractivity contribution in [1.29, 1.82) is 0 Å². The van der Waals surface area contributed by atoms with Gasteiger partial charge in [0.05, 0.1) is 5.56 Å². The number of piperazine rings is 1. The molecule has 1 amide bonds. The number of rotatable bonds is 6. The Bertz CT molecular complexity index is 675. The zero-order valence-electron chi connectivity index (χ0n) is 15.0. The molecule has 0 bridgehead atoms. The number of carbonyl (C=O) groups excluding carboxylic acids is 1. The molecular formula is C15H22F3N4O4P. The van der Waals surface area contributed by atoms with E-state index in [2.05, 4.69) is 9.97 Å². The van der Waals surface area contributed by atoms with Gasteiger partial charge in [-0.05, 0) is 12.8 Å². The fourth-order valence-electron chi connectivity index (χ4n) is 2.94. The van der Waals surface area contributed by atoms with Crippen molar-refractivity contribution in [3.63, 3.8) is 0 Å². The van der Waals surface area contributed by atoms with Crippen LogP contribution in [0.15, 0.2) is 12.4 Å². The van der Waals surface area contributed by atoms with Crippen molar-refractivity contribution < 1.29 is 31.9 Å². The van der Waals surface area contributed by atoms with Crippen molar-refractivity contribution in [2.24, 2.45) is 0 Å². The monoisotopic (exact) mass is 410 g/mol. The Morgan fingerprint density at radius 2 is 1.70 bits per heavy atom. The van der Waals surface area contributed by atoms with Crippen LogP contribution in [0, 0.1) is 0 Å². The Balaban J connectivity index is 2.03. The molecule has 0 spiro atoms. The lowest BCUT2D eigenvalue weighted by atomic mass is 9.95. The van der Waals surface area contributed by atoms with E-state index in [1.54, 1.807) is 18.7 Å². The Labute approximate surface area is 155 Å². The minimum Gasteiger partial charge on any atom is -0.337 e. The average molecular weight is 410 g/mol. The van der Waals surface area contributed by atoms with Gasteiger partial charge in [-0.2, -0.15) is 13.2 Å². The molecule has 27 heavy (non-hydrogen) atoms. The molecule has 2 rings (SSSR count). The molecule has 0 aliphatic carbocycles. The molecule has 1 aliphatic heterocycles. The van der Waals surface area contributed by atoms with Crippen molar-refractivity contribution in [1.82, 2.24) is 14.9 Å². The van der Waals surface area contributed by atoms with Crippen LogP contribution in [-0.2, 0) is 20.1 Å². The van der Waals surface area contributed by atoms with Crippen molar-refractivity contribution in [2.75, 3.05) is 31.1 Å². The van der Waals surface area contributed by atoms with Crippen molar-refractivity contribution in [3.05, 3.63) is 18.0 Å². The van der Waals surface area contributed by atoms with Crippen molar-refractivity contribution >= 4 is 20.1 Å². The van der Waals surface area contributed by atoms with Gasteiger partial charge in [0, 0.05) is 38.6 Å². The Kier molecular flexibility index (Phi) is 6.82. The zero-order valence-corrected chi connectivity index (χ0v) is 16.0. The molecule has 0 aromatic carbocycles. The Hall–Kier alpha value is -1.71. The molecular weight excluding hydrogens is 388 g/mol. The molecule has 8 nitrogen and oxygen atoms in total. The van der Waals surface area contributed by atoms with E-state index in [4.69, 9.17) is 9.42 Å². The first-order chi connectivity index (χ1) is 12.6. The van der Waals surface area contributed by atoms with Crippen LogP contribution in [0.25, 0.3) is 0 Å². The average Bonchev–Trinajstić information content (AvgIpc) is 2.65. The molecule has 2 heterocycles. The number of nitrogens with zero attached hydrogens (tertiary/aromatic N) is 4. The van der Waals surface area contributed by atoms with E-state index >= 15 is 0 Å². The lowest BCUT2D eigenvalue weighted by molar-refractivity contribution is -0.149. The number of halogens is 3. The zero-order chi connectivity index (χ0) is 20.2. The summed E-state index contributed by atoms with van der Waals surface area (Å²) < 4.78 is 54.0. The summed E-state index contributed by atoms with van der Waals surface area (Å²) in [6.07, 6.45) is -2.54. The smallest absolute Gasteiger partial charge is 0.337 e. The van der Waals surface area contributed by atoms with E-state index in [-0.39, 0.29) is 37.8 Å². The molecule has 1 N–H and O–H groups in total. The maximum Gasteiger partial charge on any atom is 0.419 e. The van der Waals surface area contributed by atoms with Gasteiger partial charge in [-0.3, -0.25) is 13.9 Å². The highest BCUT2D eigenvalue weighted by molar-refractivity contribution is 7.32. The van der Waals surface area contributed by atoms with Crippen molar-refractivity contribution in [2.45, 2.75) is 38.5 Å². The summed E-state index contributed by atoms with van der Waals surface area (Å²) in [5.74, 6) is -0.211. The first-order valence-corrected chi connectivity index (χ1v) is 9.75. The summed E-state index contributed by atoms with van der Waals surface area (Å²) in [6.45, 7) is 4.63. The third-order valence-corrected chi connectivity index (χ3v) is 5.20. The van der Waals surface area contributed by atoms with E-state index in [0.717, 1.165) is 12.4 Å². The highest BCUT2D eigenvalue weighted by Crippen LogP contribution is 2.34. The minimum atomic E-state index is -4.50. The summed E-state index contributed by atoms with van der Waals surface area (Å²) in [4.78, 5) is 32.6. The van der Waals surface area contributed by atoms with Gasteiger partial charge < -0.3 is 14.7 Å². The fourth-order valence-corrected chi connectivity index (χ4v) is 3.65. The lowest BCUT2D eigenvalue weighted by Crippen LogP contribution is -2.56. The van der Waals surface area contributed by atoms with E-state index < -0.39 is 25.6 Å². The number of carbonyl (C=O) groups is 1. The number of anilines is 1. The molecule has 1 saturated heterocycles. The highest BCUT2D eigenvalue weighted by Gasteiger charge is 2.41. The van der Waals surface area contributed by atoms with Gasteiger partial charge in [-0.1, -0.05) is 13.8 Å². The fraction of sp³-hybridized carbons (Fsp3) is 0.667. The van der Waals surface area contributed by atoms with E-state index in [0.29, 0.717) is 13.1 Å². The minimum absolute atomic E-state index is 0.156. The molecule has 1 unspecified atom stereocenters. The Morgan fingerprint density at radius 3 is 2.11 bits per heavy atom. The van der Waals surface area contributed by atoms with Crippen LogP contribution in [0.4, 0.5) is 19.1 Å². The van der Waals surface area contributed by atoms with E-state index in [1.807, 2.05) is 0 Å². The number of hydrogen-bond acceptors (Lipinski definition) is 6. The molecule has 152 valence electrons. The maximum atomic E-state index is 12.8. The van der Waals surface area contributed by atoms with Gasteiger partial charge in [0.1, 0.15) is 0 Å². The molecule has 1 aromatic heterocycles. The predicted octanol–water partition coefficient (Wildman–Crippen LogP) is 2.10. The van der Waals surface area contributed by atoms with Crippen LogP contribution in [0.1, 0.15) is 32.3 Å². The summed E-state index contributed by atoms with van der Waals surface area (Å²) >= 11 is 0. The SMILES string of the molecule is CCC(CC)(O[PH](=O)O)C(=O)N1CCN(c2ncc(C(F)(F)F)cn2)CC1. The molecule has 1 aromatic rings. The molecule has 1 fully saturated rings. The molecule has 0 radical (unpaired) electrons. The summed E-state index contributed by atoms with van der Waals surface area (Å²) in [5.41, 5.74) is -2.27. The summed E-state index contributed by atoms with van der Waals surface area (Å²) in [6, 6.07) is 0. The van der Waals surface area contributed by atoms with Crippen LogP contribution in [0.3, 0.4) is 0 Å². The second kappa shape index (κ2) is 8.53. The van der Waals surface area contributed by atoms with Crippen LogP contribution < -0.4 is 4.90 Å². The highest BCUT2D eigenvalue weighted by atomic mass is 31.1. The van der Waals surface area contributed by atoms with Crippen LogP contribution in [0.2, 0.25) is 0 Å². The molecule has 0 saturated carbocycles. The quantitative estimate of drug-likeness (QED) is 0.718. The van der Waals surface area contributed by atoms with Gasteiger partial charge >= 0.3 is 14.4 Å². The number of amides is 1. The van der Waals surface area contributed by atoms with Crippen LogP contribution in [-0.4, -0.2) is 57.4 Å². The number of hydrogen-bond donors (Lipinski definition) is 1. The summed E-state index contributed by atoms with van der Waals surface area (Å²) in [5, 5.41) is 0. The molecule has 12 heteroatoms. The van der Waals surface area contributed by atoms with Crippen LogP contribution >= 0.6 is 8.25 Å². The van der Waals surface area contributed by atoms with Gasteiger partial charge in [-0.15, -0.1) is 0 Å². The predicted molar refractivity (Wildman–Crippen MR) is 91.4 cm³/mol. The normalized spacial score (nSPS) is 17.1. The van der Waals surface area contributed by atoms with Gasteiger partial charge in [-0.25, -0.2) is 9.97 Å². The standard InChI is InChI=1S/C15H22F3N4O4P/c1-3-14(4-2,26-27(24)25)12(23)21-5-7-22(8-6-21)13-19-9-11(10-20-13)15(16,17)18/h9-10,27H,3-8H2,1-2H3,(H,24,25). The Morgan fingerprint density at radius 1 is 1.19 bits per heavy atom. The molecule has 1 aliphatic rings. The van der Waals surface area contributed by atoms with E-state index in [1.165, 1.54) is 4.90 Å². The van der Waals surface area contributed by atoms with Gasteiger partial charge in [0.2, 0.25) is 5.95 Å². The lowest BCUT2D eigenvalue weighted by Gasteiger charge is -2.39. The van der Waals surface area contributed by atoms with Gasteiger partial charge in [0.15, 0.2) is 5.60 Å². The van der Waals surface area contributed by atoms with E-state index in [9.17, 15) is 22.5 Å².